The topological polar surface area (TPSA) is 88.5 Å². The van der Waals surface area contributed by atoms with E-state index in [0.29, 0.717) is 6.20 Å². The Morgan fingerprint density at radius 3 is 2.68 bits per heavy atom. The van der Waals surface area contributed by atoms with Crippen LogP contribution in [0.15, 0.2) is 41.0 Å². The number of halogens is 3. The maximum absolute atomic E-state index is 13.1. The summed E-state index contributed by atoms with van der Waals surface area (Å²) < 4.78 is 43.9. The van der Waals surface area contributed by atoms with Crippen LogP contribution in [0.5, 0.6) is 0 Å². The fourth-order valence-electron chi connectivity index (χ4n) is 1.50. The van der Waals surface area contributed by atoms with E-state index in [4.69, 9.17) is 11.0 Å². The molecule has 1 aromatic rings. The molecular formula is C14H12F3N3O2. The van der Waals surface area contributed by atoms with Gasteiger partial charge in [0.1, 0.15) is 5.57 Å². The summed E-state index contributed by atoms with van der Waals surface area (Å²) in [6.07, 6.45) is -4.42. The number of nitrogens with two attached hydrogens (primary N) is 1. The summed E-state index contributed by atoms with van der Waals surface area (Å²) >= 11 is 0. The number of esters is 1. The van der Waals surface area contributed by atoms with E-state index in [0.717, 1.165) is 6.07 Å². The molecule has 2 N–H and O–H groups in total. The average Bonchev–Trinajstić information content (AvgIpc) is 2.46. The van der Waals surface area contributed by atoms with Crippen LogP contribution in [0.3, 0.4) is 0 Å². The Hall–Kier alpha value is -2.82. The number of carbonyl (C=O) groups excluding carboxylic acids is 1. The van der Waals surface area contributed by atoms with Gasteiger partial charge in [-0.05, 0) is 25.1 Å². The molecule has 8 heteroatoms. The zero-order valence-corrected chi connectivity index (χ0v) is 11.5. The highest BCUT2D eigenvalue weighted by Crippen LogP contribution is 2.26. The van der Waals surface area contributed by atoms with Gasteiger partial charge < -0.3 is 10.5 Å². The fraction of sp³-hybridized carbons (Fsp3) is 0.214. The fourth-order valence-corrected chi connectivity index (χ4v) is 1.50. The van der Waals surface area contributed by atoms with E-state index in [1.165, 1.54) is 25.1 Å². The molecule has 0 aliphatic carbocycles. The lowest BCUT2D eigenvalue weighted by molar-refractivity contribution is -0.138. The van der Waals surface area contributed by atoms with Crippen LogP contribution in [0.1, 0.15) is 12.5 Å². The van der Waals surface area contributed by atoms with Crippen molar-refractivity contribution in [1.29, 1.82) is 5.26 Å². The number of nitriles is 1. The number of alkyl halides is 3. The van der Waals surface area contributed by atoms with Crippen LogP contribution < -0.4 is 5.73 Å². The van der Waals surface area contributed by atoms with Gasteiger partial charge in [-0.3, -0.25) is 0 Å². The van der Waals surface area contributed by atoms with Gasteiger partial charge in [-0.1, -0.05) is 6.07 Å². The predicted molar refractivity (Wildman–Crippen MR) is 73.2 cm³/mol. The third-order valence-electron chi connectivity index (χ3n) is 2.40. The van der Waals surface area contributed by atoms with Crippen LogP contribution in [0.2, 0.25) is 0 Å². The molecule has 0 bridgehead atoms. The molecule has 0 fully saturated rings. The standard InChI is InChI=1S/C14H12F3N3O2/c1-2-22-13(21)11(8-19)12(14(15,16)17)20-10-5-3-4-9(6-10)7-18/h3-6,8H,2,19H2,1H3/b11-8+,20-12?. The molecule has 0 atom stereocenters. The Balaban J connectivity index is 3.38. The molecule has 0 spiro atoms. The van der Waals surface area contributed by atoms with Crippen LogP contribution >= 0.6 is 0 Å². The molecule has 1 aromatic carbocycles. The lowest BCUT2D eigenvalue weighted by atomic mass is 10.1. The number of aliphatic imine (C=N–C) groups is 1. The predicted octanol–water partition coefficient (Wildman–Crippen LogP) is 2.60. The molecule has 0 radical (unpaired) electrons. The third-order valence-corrected chi connectivity index (χ3v) is 2.40. The van der Waals surface area contributed by atoms with Crippen LogP contribution in [0, 0.1) is 11.3 Å². The minimum atomic E-state index is -4.92. The Bertz CT molecular complexity index is 658. The smallest absolute Gasteiger partial charge is 0.434 e. The number of carbonyl (C=O) groups is 1. The van der Waals surface area contributed by atoms with Gasteiger partial charge in [0.25, 0.3) is 0 Å². The average molecular weight is 311 g/mol. The molecular weight excluding hydrogens is 299 g/mol. The largest absolute Gasteiger partial charge is 0.462 e. The number of hydrogen-bond donors (Lipinski definition) is 1. The second-order valence-electron chi connectivity index (χ2n) is 3.92. The Morgan fingerprint density at radius 2 is 2.18 bits per heavy atom. The lowest BCUT2D eigenvalue weighted by Crippen LogP contribution is -2.30. The SMILES string of the molecule is CCOC(=O)/C(=C/N)C(=Nc1cccc(C#N)c1)C(F)(F)F. The Labute approximate surface area is 124 Å². The number of ether oxygens (including phenoxy) is 1. The molecule has 0 heterocycles. The summed E-state index contributed by atoms with van der Waals surface area (Å²) in [5.41, 5.74) is 2.75. The van der Waals surface area contributed by atoms with Crippen molar-refractivity contribution in [2.75, 3.05) is 6.61 Å². The molecule has 5 nitrogen and oxygen atoms in total. The highest BCUT2D eigenvalue weighted by molar-refractivity contribution is 6.22. The maximum atomic E-state index is 13.1. The molecule has 0 aliphatic heterocycles. The number of rotatable bonds is 4. The van der Waals surface area contributed by atoms with E-state index in [9.17, 15) is 18.0 Å². The minimum absolute atomic E-state index is 0.106. The van der Waals surface area contributed by atoms with Gasteiger partial charge >= 0.3 is 12.1 Å². The first kappa shape index (κ1) is 17.2. The molecule has 0 aromatic heterocycles. The first-order valence-electron chi connectivity index (χ1n) is 6.09. The zero-order chi connectivity index (χ0) is 16.8. The first-order valence-corrected chi connectivity index (χ1v) is 6.09. The van der Waals surface area contributed by atoms with E-state index >= 15 is 0 Å². The van der Waals surface area contributed by atoms with Gasteiger partial charge in [-0.25, -0.2) is 9.79 Å². The van der Waals surface area contributed by atoms with Gasteiger partial charge in [-0.15, -0.1) is 0 Å². The maximum Gasteiger partial charge on any atom is 0.434 e. The van der Waals surface area contributed by atoms with Crippen molar-refractivity contribution in [3.8, 4) is 6.07 Å². The summed E-state index contributed by atoms with van der Waals surface area (Å²) in [6, 6.07) is 7.00. The summed E-state index contributed by atoms with van der Waals surface area (Å²) in [6.45, 7) is 1.35. The quantitative estimate of drug-likeness (QED) is 0.526. The molecule has 22 heavy (non-hydrogen) atoms. The normalized spacial score (nSPS) is 12.7. The number of hydrogen-bond acceptors (Lipinski definition) is 5. The van der Waals surface area contributed by atoms with E-state index in [1.807, 2.05) is 0 Å². The second kappa shape index (κ2) is 7.26. The molecule has 0 saturated heterocycles. The molecule has 116 valence electrons. The van der Waals surface area contributed by atoms with Crippen LogP contribution in [-0.4, -0.2) is 24.5 Å². The molecule has 0 saturated carbocycles. The van der Waals surface area contributed by atoms with Gasteiger partial charge in [0, 0.05) is 6.20 Å². The lowest BCUT2D eigenvalue weighted by Gasteiger charge is -2.13. The van der Waals surface area contributed by atoms with Gasteiger partial charge in [0.05, 0.1) is 23.9 Å². The van der Waals surface area contributed by atoms with Gasteiger partial charge in [0.2, 0.25) is 0 Å². The van der Waals surface area contributed by atoms with Gasteiger partial charge in [-0.2, -0.15) is 18.4 Å². The molecule has 0 unspecified atom stereocenters. The third kappa shape index (κ3) is 4.34. The number of benzene rings is 1. The van der Waals surface area contributed by atoms with Crippen molar-refractivity contribution in [1.82, 2.24) is 0 Å². The summed E-state index contributed by atoms with van der Waals surface area (Å²) in [7, 11) is 0. The van der Waals surface area contributed by atoms with Gasteiger partial charge in [0.15, 0.2) is 5.71 Å². The highest BCUT2D eigenvalue weighted by atomic mass is 19.4. The van der Waals surface area contributed by atoms with Crippen LogP contribution in [0.4, 0.5) is 18.9 Å². The Morgan fingerprint density at radius 1 is 1.50 bits per heavy atom. The first-order chi connectivity index (χ1) is 10.3. The molecule has 0 amide bonds. The van der Waals surface area contributed by atoms with Crippen molar-refractivity contribution in [2.45, 2.75) is 13.1 Å². The minimum Gasteiger partial charge on any atom is -0.462 e. The zero-order valence-electron chi connectivity index (χ0n) is 11.5. The number of nitrogens with zero attached hydrogens (tertiary/aromatic N) is 2. The van der Waals surface area contributed by atoms with Crippen LogP contribution in [0.25, 0.3) is 0 Å². The van der Waals surface area contributed by atoms with Crippen molar-refractivity contribution >= 4 is 17.4 Å². The van der Waals surface area contributed by atoms with E-state index < -0.39 is 23.4 Å². The highest BCUT2D eigenvalue weighted by Gasteiger charge is 2.41. The van der Waals surface area contributed by atoms with Crippen LogP contribution in [-0.2, 0) is 9.53 Å². The van der Waals surface area contributed by atoms with Crippen molar-refractivity contribution in [3.63, 3.8) is 0 Å². The summed E-state index contributed by atoms with van der Waals surface area (Å²) in [5.74, 6) is -1.22. The van der Waals surface area contributed by atoms with Crippen molar-refractivity contribution < 1.29 is 22.7 Å². The van der Waals surface area contributed by atoms with E-state index in [1.54, 1.807) is 6.07 Å². The van der Waals surface area contributed by atoms with E-state index in [2.05, 4.69) is 9.73 Å². The molecule has 0 aliphatic rings. The molecule has 1 rings (SSSR count). The monoisotopic (exact) mass is 311 g/mol. The van der Waals surface area contributed by atoms with Crippen molar-refractivity contribution in [3.05, 3.63) is 41.6 Å². The van der Waals surface area contributed by atoms with E-state index in [-0.39, 0.29) is 17.9 Å². The summed E-state index contributed by atoms with van der Waals surface area (Å²) in [4.78, 5) is 15.0. The second-order valence-corrected chi connectivity index (χ2v) is 3.92. The van der Waals surface area contributed by atoms with Crippen molar-refractivity contribution in [2.24, 2.45) is 10.7 Å². The Kier molecular flexibility index (Phi) is 5.69. The summed E-state index contributed by atoms with van der Waals surface area (Å²) in [5, 5.41) is 8.74.